The smallest absolute Gasteiger partial charge is 0.187 e. The van der Waals surface area contributed by atoms with E-state index < -0.39 is 16.6 Å². The number of nitrogens with zero attached hydrogens (tertiary/aromatic N) is 1. The van der Waals surface area contributed by atoms with Crippen LogP contribution in [-0.4, -0.2) is 25.3 Å². The highest BCUT2D eigenvalue weighted by Gasteiger charge is 2.19. The second-order valence-electron chi connectivity index (χ2n) is 4.41. The van der Waals surface area contributed by atoms with Crippen LogP contribution in [0, 0.1) is 5.21 Å². The van der Waals surface area contributed by atoms with Crippen molar-refractivity contribution >= 4 is 17.3 Å². The Morgan fingerprint density at radius 2 is 1.94 bits per heavy atom. The number of hydrogen-bond acceptors (Lipinski definition) is 2. The van der Waals surface area contributed by atoms with Crippen LogP contribution in [0.3, 0.4) is 0 Å². The van der Waals surface area contributed by atoms with Crippen molar-refractivity contribution in [2.75, 3.05) is 0 Å². The van der Waals surface area contributed by atoms with Crippen LogP contribution in [-0.2, 0) is 11.1 Å². The molecule has 1 N–H and O–H groups in total. The lowest BCUT2D eigenvalue weighted by Gasteiger charge is -2.18. The molecular formula is C11H15NO3S. The summed E-state index contributed by atoms with van der Waals surface area (Å²) in [6.07, 6.45) is 1.34. The topological polar surface area (TPSA) is 63.4 Å². The van der Waals surface area contributed by atoms with Crippen molar-refractivity contribution in [1.82, 2.24) is 0 Å². The van der Waals surface area contributed by atoms with E-state index >= 15 is 0 Å². The van der Waals surface area contributed by atoms with Crippen LogP contribution < -0.4 is 0 Å². The molecule has 4 nitrogen and oxygen atoms in total. The molecule has 0 saturated carbocycles. The molecule has 0 spiro atoms. The summed E-state index contributed by atoms with van der Waals surface area (Å²) in [4.78, 5) is 0.243. The monoisotopic (exact) mass is 241 g/mol. The van der Waals surface area contributed by atoms with Gasteiger partial charge in [0.25, 0.3) is 0 Å². The first-order chi connectivity index (χ1) is 7.32. The fraction of sp³-hybridized carbons (Fsp3) is 0.364. The molecule has 0 heterocycles. The third-order valence-corrected chi connectivity index (χ3v) is 2.77. The van der Waals surface area contributed by atoms with Gasteiger partial charge in [0.1, 0.15) is 0 Å². The maximum absolute atomic E-state index is 11.7. The van der Waals surface area contributed by atoms with Crippen LogP contribution in [0.2, 0.25) is 0 Å². The van der Waals surface area contributed by atoms with Crippen molar-refractivity contribution in [3.05, 3.63) is 35.0 Å². The molecule has 0 aliphatic heterocycles. The standard InChI is InChI=1S/C11H15NO3S/c1-11(2,3)12(13)8-9-6-4-5-7-10(9)16(14)15/h4-8H,1-3H3,(H,14,15). The van der Waals surface area contributed by atoms with Crippen molar-refractivity contribution in [2.24, 2.45) is 0 Å². The van der Waals surface area contributed by atoms with Gasteiger partial charge in [-0.3, -0.25) is 0 Å². The van der Waals surface area contributed by atoms with Gasteiger partial charge in [-0.1, -0.05) is 12.1 Å². The number of hydroxylamine groups is 1. The average Bonchev–Trinajstić information content (AvgIpc) is 2.16. The van der Waals surface area contributed by atoms with Crippen LogP contribution in [0.1, 0.15) is 26.3 Å². The van der Waals surface area contributed by atoms with Gasteiger partial charge in [0, 0.05) is 20.8 Å². The van der Waals surface area contributed by atoms with Gasteiger partial charge in [0.15, 0.2) is 22.8 Å². The fourth-order valence-electron chi connectivity index (χ4n) is 1.07. The molecule has 0 aliphatic rings. The number of rotatable bonds is 2. The van der Waals surface area contributed by atoms with Gasteiger partial charge in [-0.2, -0.15) is 0 Å². The minimum Gasteiger partial charge on any atom is -0.623 e. The van der Waals surface area contributed by atoms with Gasteiger partial charge in [0.2, 0.25) is 0 Å². The highest BCUT2D eigenvalue weighted by Crippen LogP contribution is 2.12. The van der Waals surface area contributed by atoms with E-state index in [0.29, 0.717) is 5.56 Å². The lowest BCUT2D eigenvalue weighted by Crippen LogP contribution is -2.29. The second kappa shape index (κ2) is 4.76. The molecule has 1 aromatic rings. The molecule has 0 aliphatic carbocycles. The van der Waals surface area contributed by atoms with E-state index in [-0.39, 0.29) is 4.90 Å². The minimum absolute atomic E-state index is 0.243. The van der Waals surface area contributed by atoms with Gasteiger partial charge in [-0.25, -0.2) is 8.95 Å². The summed E-state index contributed by atoms with van der Waals surface area (Å²) in [5, 5.41) is 11.7. The highest BCUT2D eigenvalue weighted by molar-refractivity contribution is 7.79. The maximum Gasteiger partial charge on any atom is 0.187 e. The molecule has 0 aromatic heterocycles. The van der Waals surface area contributed by atoms with Crippen LogP contribution >= 0.6 is 0 Å². The molecule has 1 rings (SSSR count). The molecule has 1 atom stereocenters. The summed E-state index contributed by atoms with van der Waals surface area (Å²) >= 11 is -2.08. The van der Waals surface area contributed by atoms with Gasteiger partial charge in [0.05, 0.1) is 10.5 Å². The lowest BCUT2D eigenvalue weighted by molar-refractivity contribution is -0.530. The fourth-order valence-corrected chi connectivity index (χ4v) is 1.58. The van der Waals surface area contributed by atoms with Crippen molar-refractivity contribution in [3.63, 3.8) is 0 Å². The summed E-state index contributed by atoms with van der Waals surface area (Å²) < 4.78 is 20.9. The zero-order valence-electron chi connectivity index (χ0n) is 9.51. The number of benzene rings is 1. The van der Waals surface area contributed by atoms with Gasteiger partial charge < -0.3 is 9.76 Å². The Morgan fingerprint density at radius 1 is 1.38 bits per heavy atom. The Hall–Kier alpha value is -1.20. The van der Waals surface area contributed by atoms with Crippen molar-refractivity contribution in [3.8, 4) is 0 Å². The summed E-state index contributed by atoms with van der Waals surface area (Å²) in [7, 11) is 0. The van der Waals surface area contributed by atoms with Gasteiger partial charge in [-0.05, 0) is 12.1 Å². The third-order valence-electron chi connectivity index (χ3n) is 2.02. The SMILES string of the molecule is CC(C)(C)[N+]([O-])=Cc1ccccc1S(=O)O. The zero-order chi connectivity index (χ0) is 12.3. The van der Waals surface area contributed by atoms with Gasteiger partial charge in [-0.15, -0.1) is 0 Å². The third kappa shape index (κ3) is 3.15. The van der Waals surface area contributed by atoms with Crippen molar-refractivity contribution < 1.29 is 13.5 Å². The summed E-state index contributed by atoms with van der Waals surface area (Å²) in [6.45, 7) is 5.32. The summed E-state index contributed by atoms with van der Waals surface area (Å²) in [6, 6.07) is 6.55. The predicted octanol–water partition coefficient (Wildman–Crippen LogP) is 1.99. The highest BCUT2D eigenvalue weighted by atomic mass is 32.2. The maximum atomic E-state index is 11.7. The number of hydrogen-bond donors (Lipinski definition) is 1. The van der Waals surface area contributed by atoms with Crippen molar-refractivity contribution in [1.29, 1.82) is 0 Å². The van der Waals surface area contributed by atoms with Crippen molar-refractivity contribution in [2.45, 2.75) is 31.2 Å². The molecule has 88 valence electrons. The molecule has 0 bridgehead atoms. The molecular weight excluding hydrogens is 226 g/mol. The van der Waals surface area contributed by atoms with E-state index in [4.69, 9.17) is 4.55 Å². The molecule has 0 amide bonds. The van der Waals surface area contributed by atoms with Crippen LogP contribution in [0.5, 0.6) is 0 Å². The van der Waals surface area contributed by atoms with Crippen LogP contribution in [0.4, 0.5) is 0 Å². The second-order valence-corrected chi connectivity index (χ2v) is 5.35. The zero-order valence-corrected chi connectivity index (χ0v) is 10.3. The molecule has 1 unspecified atom stereocenters. The molecule has 1 aromatic carbocycles. The molecule has 5 heteroatoms. The first-order valence-corrected chi connectivity index (χ1v) is 5.94. The Kier molecular flexibility index (Phi) is 3.83. The quantitative estimate of drug-likeness (QED) is 0.283. The average molecular weight is 241 g/mol. The Labute approximate surface area is 97.5 Å². The Morgan fingerprint density at radius 3 is 2.44 bits per heavy atom. The van der Waals surface area contributed by atoms with E-state index in [1.807, 2.05) is 0 Å². The first kappa shape index (κ1) is 12.9. The largest absolute Gasteiger partial charge is 0.623 e. The van der Waals surface area contributed by atoms with Gasteiger partial charge >= 0.3 is 0 Å². The Bertz CT molecular complexity index is 435. The first-order valence-electron chi connectivity index (χ1n) is 4.83. The van der Waals surface area contributed by atoms with Crippen LogP contribution in [0.15, 0.2) is 29.2 Å². The molecule has 0 radical (unpaired) electrons. The van der Waals surface area contributed by atoms with E-state index in [1.165, 1.54) is 12.3 Å². The minimum atomic E-state index is -2.08. The summed E-state index contributed by atoms with van der Waals surface area (Å²) in [5.74, 6) is 0. The van der Waals surface area contributed by atoms with E-state index in [2.05, 4.69) is 0 Å². The van der Waals surface area contributed by atoms with E-state index in [1.54, 1.807) is 39.0 Å². The Balaban J connectivity index is 3.20. The van der Waals surface area contributed by atoms with Crippen LogP contribution in [0.25, 0.3) is 0 Å². The molecule has 16 heavy (non-hydrogen) atoms. The van der Waals surface area contributed by atoms with E-state index in [0.717, 1.165) is 4.74 Å². The summed E-state index contributed by atoms with van der Waals surface area (Å²) in [5.41, 5.74) is -0.0994. The van der Waals surface area contributed by atoms with E-state index in [9.17, 15) is 9.42 Å². The molecule has 0 fully saturated rings. The normalized spacial score (nSPS) is 14.9. The molecule has 0 saturated heterocycles. The predicted molar refractivity (Wildman–Crippen MR) is 64.0 cm³/mol. The lowest BCUT2D eigenvalue weighted by atomic mass is 10.1.